The maximum Gasteiger partial charge on any atom is 0.332 e. The van der Waals surface area contributed by atoms with Crippen molar-refractivity contribution in [2.45, 2.75) is 37.9 Å². The summed E-state index contributed by atoms with van der Waals surface area (Å²) in [5.74, 6) is -0.460. The summed E-state index contributed by atoms with van der Waals surface area (Å²) in [6.45, 7) is 1.69. The molecule has 0 saturated carbocycles. The Labute approximate surface area is 140 Å². The first-order valence-electron chi connectivity index (χ1n) is 7.91. The molecule has 0 spiro atoms. The molecule has 2 atom stereocenters. The molecule has 0 bridgehead atoms. The average molecular weight is 335 g/mol. The average Bonchev–Trinajstić information content (AvgIpc) is 3.05. The Bertz CT molecular complexity index is 635. The van der Waals surface area contributed by atoms with Gasteiger partial charge in [0.1, 0.15) is 6.07 Å². The van der Waals surface area contributed by atoms with E-state index in [1.807, 2.05) is 6.07 Å². The zero-order valence-corrected chi connectivity index (χ0v) is 13.5. The lowest BCUT2D eigenvalue weighted by Crippen LogP contribution is -2.38. The second kappa shape index (κ2) is 6.77. The van der Waals surface area contributed by atoms with Gasteiger partial charge >= 0.3 is 5.97 Å². The molecule has 2 aliphatic heterocycles. The maximum absolute atomic E-state index is 11.0. The third-order valence-electron chi connectivity index (χ3n) is 4.81. The van der Waals surface area contributed by atoms with Crippen molar-refractivity contribution in [2.24, 2.45) is 5.92 Å². The van der Waals surface area contributed by atoms with Crippen molar-refractivity contribution in [3.8, 4) is 6.07 Å². The van der Waals surface area contributed by atoms with Crippen molar-refractivity contribution in [3.63, 3.8) is 0 Å². The van der Waals surface area contributed by atoms with Crippen LogP contribution in [0, 0.1) is 17.2 Å². The number of nitrogens with zero attached hydrogens (tertiary/aromatic N) is 2. The van der Waals surface area contributed by atoms with Crippen LogP contribution in [0.25, 0.3) is 0 Å². The van der Waals surface area contributed by atoms with Gasteiger partial charge in [0, 0.05) is 18.1 Å². The van der Waals surface area contributed by atoms with Gasteiger partial charge in [-0.1, -0.05) is 11.6 Å². The lowest BCUT2D eigenvalue weighted by molar-refractivity contribution is -0.150. The summed E-state index contributed by atoms with van der Waals surface area (Å²) in [5.41, 5.74) is 1.52. The molecule has 0 amide bonds. The summed E-state index contributed by atoms with van der Waals surface area (Å²) >= 11 is 5.95. The molecule has 2 heterocycles. The molecule has 0 unspecified atom stereocenters. The van der Waals surface area contributed by atoms with E-state index in [0.29, 0.717) is 22.9 Å². The van der Waals surface area contributed by atoms with Crippen molar-refractivity contribution in [1.29, 1.82) is 5.26 Å². The highest BCUT2D eigenvalue weighted by Crippen LogP contribution is 2.34. The molecule has 122 valence electrons. The normalized spacial score (nSPS) is 25.3. The Morgan fingerprint density at radius 1 is 1.30 bits per heavy atom. The second-order valence-electron chi connectivity index (χ2n) is 6.18. The van der Waals surface area contributed by atoms with E-state index in [9.17, 15) is 10.1 Å². The summed E-state index contributed by atoms with van der Waals surface area (Å²) in [6, 6.07) is 7.60. The Morgan fingerprint density at radius 2 is 2.04 bits per heavy atom. The number of carbonyl (C=O) groups is 1. The number of carboxylic acid groups (broad SMARTS) is 1. The van der Waals surface area contributed by atoms with Crippen LogP contribution in [-0.4, -0.2) is 36.4 Å². The van der Waals surface area contributed by atoms with Crippen molar-refractivity contribution in [3.05, 3.63) is 28.8 Å². The number of aliphatic carboxylic acids is 1. The van der Waals surface area contributed by atoms with Crippen molar-refractivity contribution in [2.75, 3.05) is 18.0 Å². The molecule has 0 radical (unpaired) electrons. The fraction of sp³-hybridized carbons (Fsp3) is 0.529. The first kappa shape index (κ1) is 16.1. The first-order valence-corrected chi connectivity index (χ1v) is 8.29. The van der Waals surface area contributed by atoms with Gasteiger partial charge < -0.3 is 14.7 Å². The summed E-state index contributed by atoms with van der Waals surface area (Å²) in [7, 11) is 0. The third-order valence-corrected chi connectivity index (χ3v) is 5.05. The molecule has 1 N–H and O–H groups in total. The molecule has 23 heavy (non-hydrogen) atoms. The van der Waals surface area contributed by atoms with Gasteiger partial charge in [-0.3, -0.25) is 0 Å². The van der Waals surface area contributed by atoms with Crippen molar-refractivity contribution < 1.29 is 14.6 Å². The topological polar surface area (TPSA) is 73.6 Å². The fourth-order valence-electron chi connectivity index (χ4n) is 3.58. The lowest BCUT2D eigenvalue weighted by Gasteiger charge is -2.36. The molecule has 5 nitrogen and oxygen atoms in total. The summed E-state index contributed by atoms with van der Waals surface area (Å²) in [5, 5.41) is 18.9. The SMILES string of the molecule is N#Cc1cc(Cl)ccc1N1CCC([C@@H]2CC[C@H](C(=O)O)O2)CC1. The number of anilines is 1. The van der Waals surface area contributed by atoms with E-state index < -0.39 is 12.1 Å². The van der Waals surface area contributed by atoms with Crippen LogP contribution in [0.5, 0.6) is 0 Å². The van der Waals surface area contributed by atoms with Crippen LogP contribution in [0.2, 0.25) is 5.02 Å². The molecule has 6 heteroatoms. The number of nitriles is 1. The van der Waals surface area contributed by atoms with E-state index in [4.69, 9.17) is 21.4 Å². The highest BCUT2D eigenvalue weighted by atomic mass is 35.5. The van der Waals surface area contributed by atoms with Crippen LogP contribution in [0.3, 0.4) is 0 Å². The lowest BCUT2D eigenvalue weighted by atomic mass is 9.89. The van der Waals surface area contributed by atoms with Crippen LogP contribution in [0.15, 0.2) is 18.2 Å². The summed E-state index contributed by atoms with van der Waals surface area (Å²) in [6.07, 6.45) is 2.75. The number of carboxylic acids is 1. The monoisotopic (exact) mass is 334 g/mol. The Morgan fingerprint density at radius 3 is 2.65 bits per heavy atom. The van der Waals surface area contributed by atoms with Crippen LogP contribution in [0.1, 0.15) is 31.2 Å². The van der Waals surface area contributed by atoms with Gasteiger partial charge in [0.25, 0.3) is 0 Å². The van der Waals surface area contributed by atoms with E-state index in [2.05, 4.69) is 11.0 Å². The molecular formula is C17H19ClN2O3. The van der Waals surface area contributed by atoms with Gasteiger partial charge in [-0.05, 0) is 49.8 Å². The van der Waals surface area contributed by atoms with Crippen molar-refractivity contribution in [1.82, 2.24) is 0 Å². The minimum atomic E-state index is -0.857. The van der Waals surface area contributed by atoms with E-state index in [1.165, 1.54) is 0 Å². The Hall–Kier alpha value is -1.77. The molecular weight excluding hydrogens is 316 g/mol. The maximum atomic E-state index is 11.0. The summed E-state index contributed by atoms with van der Waals surface area (Å²) in [4.78, 5) is 13.2. The highest BCUT2D eigenvalue weighted by molar-refractivity contribution is 6.30. The zero-order valence-electron chi connectivity index (χ0n) is 12.7. The van der Waals surface area contributed by atoms with Gasteiger partial charge in [-0.25, -0.2) is 4.79 Å². The smallest absolute Gasteiger partial charge is 0.332 e. The van der Waals surface area contributed by atoms with Gasteiger partial charge in [0.05, 0.1) is 17.4 Å². The minimum absolute atomic E-state index is 0.0545. The number of ether oxygens (including phenoxy) is 1. The van der Waals surface area contributed by atoms with Crippen LogP contribution in [0.4, 0.5) is 5.69 Å². The Kier molecular flexibility index (Phi) is 4.74. The molecule has 2 saturated heterocycles. The number of halogens is 1. The van der Waals surface area contributed by atoms with Gasteiger partial charge in [-0.2, -0.15) is 5.26 Å². The van der Waals surface area contributed by atoms with Gasteiger partial charge in [-0.15, -0.1) is 0 Å². The molecule has 2 aliphatic rings. The number of piperidine rings is 1. The van der Waals surface area contributed by atoms with Gasteiger partial charge in [0.15, 0.2) is 6.10 Å². The minimum Gasteiger partial charge on any atom is -0.479 e. The van der Waals surface area contributed by atoms with Crippen LogP contribution >= 0.6 is 11.6 Å². The molecule has 1 aromatic rings. The van der Waals surface area contributed by atoms with Crippen LogP contribution < -0.4 is 4.90 Å². The molecule has 3 rings (SSSR count). The molecule has 0 aliphatic carbocycles. The van der Waals surface area contributed by atoms with E-state index in [1.54, 1.807) is 12.1 Å². The third kappa shape index (κ3) is 3.44. The molecule has 2 fully saturated rings. The standard InChI is InChI=1S/C17H19ClN2O3/c18-13-1-2-14(12(9-13)10-19)20-7-5-11(6-8-20)15-3-4-16(23-15)17(21)22/h1-2,9,11,15-16H,3-8H2,(H,21,22)/t15-,16+/m0/s1. The fourth-order valence-corrected chi connectivity index (χ4v) is 3.75. The first-order chi connectivity index (χ1) is 11.1. The molecule has 1 aromatic carbocycles. The largest absolute Gasteiger partial charge is 0.479 e. The number of hydrogen-bond acceptors (Lipinski definition) is 4. The predicted molar refractivity (Wildman–Crippen MR) is 86.6 cm³/mol. The summed E-state index contributed by atoms with van der Waals surface area (Å²) < 4.78 is 5.68. The number of benzene rings is 1. The zero-order chi connectivity index (χ0) is 16.4. The quantitative estimate of drug-likeness (QED) is 0.919. The number of rotatable bonds is 3. The second-order valence-corrected chi connectivity index (χ2v) is 6.61. The van der Waals surface area contributed by atoms with Crippen molar-refractivity contribution >= 4 is 23.3 Å². The van der Waals surface area contributed by atoms with E-state index >= 15 is 0 Å². The van der Waals surface area contributed by atoms with E-state index in [0.717, 1.165) is 38.0 Å². The molecule has 0 aromatic heterocycles. The van der Waals surface area contributed by atoms with Gasteiger partial charge in [0.2, 0.25) is 0 Å². The predicted octanol–water partition coefficient (Wildman–Crippen LogP) is 3.06. The highest BCUT2D eigenvalue weighted by Gasteiger charge is 2.36. The number of hydrogen-bond donors (Lipinski definition) is 1. The van der Waals surface area contributed by atoms with Crippen LogP contribution in [-0.2, 0) is 9.53 Å². The Balaban J connectivity index is 1.61. The van der Waals surface area contributed by atoms with E-state index in [-0.39, 0.29) is 6.10 Å².